The van der Waals surface area contributed by atoms with E-state index in [9.17, 15) is 0 Å². The Bertz CT molecular complexity index is 556. The third-order valence-corrected chi connectivity index (χ3v) is 3.63. The zero-order valence-electron chi connectivity index (χ0n) is 10.6. The molecule has 0 bridgehead atoms. The Kier molecular flexibility index (Phi) is 3.46. The van der Waals surface area contributed by atoms with E-state index in [0.717, 1.165) is 42.2 Å². The Morgan fingerprint density at radius 2 is 2.16 bits per heavy atom. The van der Waals surface area contributed by atoms with Crippen LogP contribution in [0.5, 0.6) is 0 Å². The van der Waals surface area contributed by atoms with Crippen LogP contribution in [0, 0.1) is 6.92 Å². The van der Waals surface area contributed by atoms with Gasteiger partial charge in [0.2, 0.25) is 11.8 Å². The average molecular weight is 324 g/mol. The molecule has 1 aliphatic rings. The molecule has 1 fully saturated rings. The lowest BCUT2D eigenvalue weighted by molar-refractivity contribution is 0.376. The first-order valence-corrected chi connectivity index (χ1v) is 7.04. The normalized spacial score (nSPS) is 19.7. The van der Waals surface area contributed by atoms with Crippen LogP contribution in [0.2, 0.25) is 0 Å². The number of rotatable bonds is 2. The molecular weight excluding hydrogens is 310 g/mol. The second-order valence-corrected chi connectivity index (χ2v) is 5.57. The molecular formula is C12H14BrN5O. The molecule has 3 rings (SSSR count). The van der Waals surface area contributed by atoms with Crippen molar-refractivity contribution in [3.8, 4) is 0 Å². The molecule has 2 aromatic heterocycles. The lowest BCUT2D eigenvalue weighted by Crippen LogP contribution is -2.35. The molecule has 0 unspecified atom stereocenters. The van der Waals surface area contributed by atoms with E-state index in [1.54, 1.807) is 12.4 Å². The van der Waals surface area contributed by atoms with E-state index in [2.05, 4.69) is 40.9 Å². The van der Waals surface area contributed by atoms with Gasteiger partial charge in [0.1, 0.15) is 0 Å². The van der Waals surface area contributed by atoms with Crippen LogP contribution < -0.4 is 4.90 Å². The summed E-state index contributed by atoms with van der Waals surface area (Å²) in [5.74, 6) is 2.46. The molecule has 0 amide bonds. The standard InChI is InChI=1S/C12H14BrN5O/c1-8-16-11(17-19-8)9-3-2-4-18(7-9)12-14-5-10(13)6-15-12/h5-6,9H,2-4,7H2,1H3/t9-/m1/s1. The highest BCUT2D eigenvalue weighted by Gasteiger charge is 2.26. The predicted molar refractivity (Wildman–Crippen MR) is 73.0 cm³/mol. The van der Waals surface area contributed by atoms with Crippen molar-refractivity contribution in [2.24, 2.45) is 0 Å². The minimum atomic E-state index is 0.290. The molecule has 0 aliphatic carbocycles. The Balaban J connectivity index is 1.76. The van der Waals surface area contributed by atoms with Gasteiger partial charge in [-0.25, -0.2) is 9.97 Å². The third kappa shape index (κ3) is 2.75. The van der Waals surface area contributed by atoms with Gasteiger partial charge in [0.15, 0.2) is 5.82 Å². The summed E-state index contributed by atoms with van der Waals surface area (Å²) in [4.78, 5) is 15.2. The minimum absolute atomic E-state index is 0.290. The molecule has 2 aromatic rings. The molecule has 1 saturated heterocycles. The summed E-state index contributed by atoms with van der Waals surface area (Å²) in [6.07, 6.45) is 5.69. The van der Waals surface area contributed by atoms with Crippen molar-refractivity contribution in [1.29, 1.82) is 0 Å². The van der Waals surface area contributed by atoms with E-state index >= 15 is 0 Å². The highest BCUT2D eigenvalue weighted by atomic mass is 79.9. The first kappa shape index (κ1) is 12.5. The number of anilines is 1. The summed E-state index contributed by atoms with van der Waals surface area (Å²) >= 11 is 3.34. The Morgan fingerprint density at radius 1 is 1.37 bits per heavy atom. The van der Waals surface area contributed by atoms with Gasteiger partial charge < -0.3 is 9.42 Å². The SMILES string of the molecule is Cc1nc([C@@H]2CCCN(c3ncc(Br)cn3)C2)no1. The topological polar surface area (TPSA) is 67.9 Å². The first-order chi connectivity index (χ1) is 9.22. The molecule has 1 atom stereocenters. The number of hydrogen-bond acceptors (Lipinski definition) is 6. The molecule has 0 saturated carbocycles. The number of halogens is 1. The zero-order valence-corrected chi connectivity index (χ0v) is 12.2. The van der Waals surface area contributed by atoms with Crippen LogP contribution in [0.15, 0.2) is 21.4 Å². The van der Waals surface area contributed by atoms with Crippen LogP contribution in [0.4, 0.5) is 5.95 Å². The highest BCUT2D eigenvalue weighted by Crippen LogP contribution is 2.26. The molecule has 100 valence electrons. The minimum Gasteiger partial charge on any atom is -0.340 e. The lowest BCUT2D eigenvalue weighted by Gasteiger charge is -2.31. The summed E-state index contributed by atoms with van der Waals surface area (Å²) < 4.78 is 5.94. The maximum atomic E-state index is 5.06. The highest BCUT2D eigenvalue weighted by molar-refractivity contribution is 9.10. The molecule has 6 nitrogen and oxygen atoms in total. The Hall–Kier alpha value is -1.50. The van der Waals surface area contributed by atoms with Crippen molar-refractivity contribution >= 4 is 21.9 Å². The molecule has 1 aliphatic heterocycles. The number of piperidine rings is 1. The van der Waals surface area contributed by atoms with Crippen molar-refractivity contribution in [3.05, 3.63) is 28.6 Å². The van der Waals surface area contributed by atoms with Gasteiger partial charge in [-0.1, -0.05) is 5.16 Å². The van der Waals surface area contributed by atoms with Crippen molar-refractivity contribution in [1.82, 2.24) is 20.1 Å². The summed E-state index contributed by atoms with van der Waals surface area (Å²) in [5, 5.41) is 4.02. The quantitative estimate of drug-likeness (QED) is 0.844. The molecule has 19 heavy (non-hydrogen) atoms. The fourth-order valence-corrected chi connectivity index (χ4v) is 2.52. The lowest BCUT2D eigenvalue weighted by atomic mass is 9.98. The number of aryl methyl sites for hydroxylation is 1. The van der Waals surface area contributed by atoms with E-state index < -0.39 is 0 Å². The maximum Gasteiger partial charge on any atom is 0.225 e. The van der Waals surface area contributed by atoms with Crippen molar-refractivity contribution in [3.63, 3.8) is 0 Å². The second-order valence-electron chi connectivity index (χ2n) is 4.66. The fourth-order valence-electron chi connectivity index (χ4n) is 2.32. The smallest absolute Gasteiger partial charge is 0.225 e. The summed E-state index contributed by atoms with van der Waals surface area (Å²) in [5.41, 5.74) is 0. The number of hydrogen-bond donors (Lipinski definition) is 0. The molecule has 7 heteroatoms. The van der Waals surface area contributed by atoms with Crippen LogP contribution in [0.3, 0.4) is 0 Å². The van der Waals surface area contributed by atoms with E-state index in [0.29, 0.717) is 11.8 Å². The second kappa shape index (κ2) is 5.24. The van der Waals surface area contributed by atoms with Gasteiger partial charge in [-0.05, 0) is 28.8 Å². The van der Waals surface area contributed by atoms with E-state index in [1.807, 2.05) is 6.92 Å². The first-order valence-electron chi connectivity index (χ1n) is 6.25. The van der Waals surface area contributed by atoms with Crippen LogP contribution in [-0.2, 0) is 0 Å². The molecule has 0 spiro atoms. The van der Waals surface area contributed by atoms with Crippen LogP contribution in [-0.4, -0.2) is 33.2 Å². The van der Waals surface area contributed by atoms with Gasteiger partial charge in [-0.15, -0.1) is 0 Å². The summed E-state index contributed by atoms with van der Waals surface area (Å²) in [6, 6.07) is 0. The predicted octanol–water partition coefficient (Wildman–Crippen LogP) is 2.31. The monoisotopic (exact) mass is 323 g/mol. The van der Waals surface area contributed by atoms with Crippen LogP contribution in [0.25, 0.3) is 0 Å². The molecule has 0 radical (unpaired) electrons. The fraction of sp³-hybridized carbons (Fsp3) is 0.500. The molecule has 0 aromatic carbocycles. The molecule has 0 N–H and O–H groups in total. The van der Waals surface area contributed by atoms with Gasteiger partial charge in [0.25, 0.3) is 0 Å². The maximum absolute atomic E-state index is 5.06. The van der Waals surface area contributed by atoms with Gasteiger partial charge >= 0.3 is 0 Å². The summed E-state index contributed by atoms with van der Waals surface area (Å²) in [7, 11) is 0. The Morgan fingerprint density at radius 3 is 2.84 bits per heavy atom. The van der Waals surface area contributed by atoms with Crippen molar-refractivity contribution in [2.75, 3.05) is 18.0 Å². The zero-order chi connectivity index (χ0) is 13.2. The van der Waals surface area contributed by atoms with E-state index in [4.69, 9.17) is 4.52 Å². The largest absolute Gasteiger partial charge is 0.340 e. The Labute approximate surface area is 119 Å². The van der Waals surface area contributed by atoms with E-state index in [1.165, 1.54) is 0 Å². The van der Waals surface area contributed by atoms with Crippen molar-refractivity contribution < 1.29 is 4.52 Å². The average Bonchev–Trinajstić information content (AvgIpc) is 2.86. The van der Waals surface area contributed by atoms with Gasteiger partial charge in [-0.2, -0.15) is 4.98 Å². The summed E-state index contributed by atoms with van der Waals surface area (Å²) in [6.45, 7) is 3.62. The van der Waals surface area contributed by atoms with Gasteiger partial charge in [0, 0.05) is 38.3 Å². The third-order valence-electron chi connectivity index (χ3n) is 3.22. The van der Waals surface area contributed by atoms with Crippen molar-refractivity contribution in [2.45, 2.75) is 25.7 Å². The van der Waals surface area contributed by atoms with Crippen LogP contribution in [0.1, 0.15) is 30.5 Å². The van der Waals surface area contributed by atoms with Crippen LogP contribution >= 0.6 is 15.9 Å². The number of aromatic nitrogens is 4. The van der Waals surface area contributed by atoms with E-state index in [-0.39, 0.29) is 0 Å². The van der Waals surface area contributed by atoms with Gasteiger partial charge in [0.05, 0.1) is 4.47 Å². The molecule has 3 heterocycles. The van der Waals surface area contributed by atoms with Gasteiger partial charge in [-0.3, -0.25) is 0 Å². The number of nitrogens with zero attached hydrogens (tertiary/aromatic N) is 5.